The predicted molar refractivity (Wildman–Crippen MR) is 135 cm³/mol. The second-order valence-electron chi connectivity index (χ2n) is 9.14. The molecular weight excluding hydrogens is 414 g/mol. The molecule has 0 saturated carbocycles. The van der Waals surface area contributed by atoms with Crippen LogP contribution in [0.1, 0.15) is 101 Å². The fourth-order valence-electron chi connectivity index (χ4n) is 4.11. The van der Waals surface area contributed by atoms with Crippen LogP contribution in [0.25, 0.3) is 10.9 Å². The first-order valence-electron chi connectivity index (χ1n) is 12.9. The Labute approximate surface area is 198 Å². The first-order valence-corrected chi connectivity index (χ1v) is 12.9. The number of para-hydroxylation sites is 1. The molecule has 0 saturated heterocycles. The van der Waals surface area contributed by atoms with Gasteiger partial charge in [-0.2, -0.15) is 0 Å². The molecule has 33 heavy (non-hydrogen) atoms. The minimum absolute atomic E-state index is 0.350. The number of hydrogen-bond donors (Lipinski definition) is 4. The number of rotatable bonds is 17. The highest BCUT2D eigenvalue weighted by Crippen LogP contribution is 2.15. The van der Waals surface area contributed by atoms with E-state index in [-0.39, 0.29) is 5.91 Å². The topological polar surface area (TPSA) is 94.2 Å². The molecule has 6 heteroatoms. The van der Waals surface area contributed by atoms with E-state index in [9.17, 15) is 14.7 Å². The lowest BCUT2D eigenvalue weighted by Gasteiger charge is -2.20. The third-order valence-corrected chi connectivity index (χ3v) is 6.16. The lowest BCUT2D eigenvalue weighted by molar-refractivity contribution is -0.125. The van der Waals surface area contributed by atoms with E-state index >= 15 is 0 Å². The molecule has 0 unspecified atom stereocenters. The fourth-order valence-corrected chi connectivity index (χ4v) is 4.11. The average molecular weight is 458 g/mol. The van der Waals surface area contributed by atoms with E-state index in [4.69, 9.17) is 0 Å². The molecule has 0 fully saturated rings. The summed E-state index contributed by atoms with van der Waals surface area (Å²) in [5.41, 5.74) is 1.23. The highest BCUT2D eigenvalue weighted by Gasteiger charge is 2.26. The quantitative estimate of drug-likeness (QED) is 0.237. The second kappa shape index (κ2) is 15.5. The third kappa shape index (κ3) is 9.99. The minimum Gasteiger partial charge on any atom is -0.391 e. The average Bonchev–Trinajstić information content (AvgIpc) is 3.24. The van der Waals surface area contributed by atoms with E-state index in [1.807, 2.05) is 24.3 Å². The monoisotopic (exact) mass is 457 g/mol. The van der Waals surface area contributed by atoms with E-state index in [0.717, 1.165) is 23.7 Å². The molecule has 4 N–H and O–H groups in total. The molecule has 184 valence electrons. The summed E-state index contributed by atoms with van der Waals surface area (Å²) in [5, 5.41) is 16.5. The van der Waals surface area contributed by atoms with Crippen LogP contribution in [0, 0.1) is 0 Å². The van der Waals surface area contributed by atoms with Crippen molar-refractivity contribution in [2.45, 2.75) is 103 Å². The highest BCUT2D eigenvalue weighted by molar-refractivity contribution is 6.00. The molecule has 0 aliphatic carbocycles. The summed E-state index contributed by atoms with van der Waals surface area (Å²) in [6, 6.07) is 8.35. The van der Waals surface area contributed by atoms with Crippen molar-refractivity contribution in [2.24, 2.45) is 0 Å². The third-order valence-electron chi connectivity index (χ3n) is 6.16. The van der Waals surface area contributed by atoms with Gasteiger partial charge in [0.15, 0.2) is 0 Å². The van der Waals surface area contributed by atoms with Crippen LogP contribution >= 0.6 is 0 Å². The molecule has 0 bridgehead atoms. The number of H-pyrrole nitrogens is 1. The van der Waals surface area contributed by atoms with Crippen LogP contribution in [0.2, 0.25) is 0 Å². The van der Waals surface area contributed by atoms with E-state index in [2.05, 4.69) is 22.5 Å². The molecule has 1 aromatic heterocycles. The molecule has 1 heterocycles. The van der Waals surface area contributed by atoms with Gasteiger partial charge < -0.3 is 20.7 Å². The van der Waals surface area contributed by atoms with Gasteiger partial charge in [0.25, 0.3) is 5.91 Å². The van der Waals surface area contributed by atoms with Crippen molar-refractivity contribution in [3.05, 3.63) is 36.0 Å². The Balaban J connectivity index is 1.59. The normalized spacial score (nSPS) is 13.1. The summed E-state index contributed by atoms with van der Waals surface area (Å²) in [4.78, 5) is 28.2. The van der Waals surface area contributed by atoms with Crippen molar-refractivity contribution in [3.63, 3.8) is 0 Å². The number of hydrogen-bond acceptors (Lipinski definition) is 3. The van der Waals surface area contributed by atoms with Crippen molar-refractivity contribution in [1.29, 1.82) is 0 Å². The summed E-state index contributed by atoms with van der Waals surface area (Å²) in [5.74, 6) is -0.754. The number of carbonyl (C=O) groups excluding carboxylic acids is 2. The second-order valence-corrected chi connectivity index (χ2v) is 9.14. The van der Waals surface area contributed by atoms with Crippen LogP contribution in [0.15, 0.2) is 30.3 Å². The van der Waals surface area contributed by atoms with Crippen LogP contribution in [-0.2, 0) is 4.79 Å². The van der Waals surface area contributed by atoms with Gasteiger partial charge in [-0.25, -0.2) is 0 Å². The standard InChI is InChI=1S/C27H43N3O3/c1-3-4-5-6-7-8-9-10-11-12-13-16-19-28-27(33)25(21(2)31)30-26(32)24-20-22-17-14-15-18-23(22)29-24/h14-15,17-18,20-21,25,29,31H,3-13,16,19H2,1-2H3,(H,28,33)(H,30,32)/t21-,25+/m1/s1. The van der Waals surface area contributed by atoms with Gasteiger partial charge >= 0.3 is 0 Å². The van der Waals surface area contributed by atoms with Gasteiger partial charge in [-0.15, -0.1) is 0 Å². The molecule has 2 atom stereocenters. The number of benzene rings is 1. The first-order chi connectivity index (χ1) is 16.0. The number of aromatic nitrogens is 1. The molecule has 1 aromatic carbocycles. The maximum atomic E-state index is 12.6. The minimum atomic E-state index is -0.986. The summed E-state index contributed by atoms with van der Waals surface area (Å²) in [6.07, 6.45) is 14.2. The zero-order chi connectivity index (χ0) is 23.9. The molecule has 2 amide bonds. The lowest BCUT2D eigenvalue weighted by Crippen LogP contribution is -2.52. The summed E-state index contributed by atoms with van der Waals surface area (Å²) >= 11 is 0. The maximum Gasteiger partial charge on any atom is 0.268 e. The lowest BCUT2D eigenvalue weighted by atomic mass is 10.1. The molecular formula is C27H43N3O3. The van der Waals surface area contributed by atoms with Gasteiger partial charge in [0.2, 0.25) is 5.91 Å². The van der Waals surface area contributed by atoms with Crippen molar-refractivity contribution in [1.82, 2.24) is 15.6 Å². The van der Waals surface area contributed by atoms with Gasteiger partial charge in [0.1, 0.15) is 11.7 Å². The zero-order valence-corrected chi connectivity index (χ0v) is 20.5. The molecule has 0 spiro atoms. The molecule has 6 nitrogen and oxygen atoms in total. The van der Waals surface area contributed by atoms with E-state index in [0.29, 0.717) is 12.2 Å². The fraction of sp³-hybridized carbons (Fsp3) is 0.630. The molecule has 0 aliphatic heterocycles. The largest absolute Gasteiger partial charge is 0.391 e. The predicted octanol–water partition coefficient (Wildman–Crippen LogP) is 5.46. The highest BCUT2D eigenvalue weighted by atomic mass is 16.3. The van der Waals surface area contributed by atoms with Crippen LogP contribution in [0.4, 0.5) is 0 Å². The number of unbranched alkanes of at least 4 members (excludes halogenated alkanes) is 11. The molecule has 2 aromatic rings. The van der Waals surface area contributed by atoms with E-state index in [1.54, 1.807) is 6.07 Å². The Morgan fingerprint density at radius 1 is 0.909 bits per heavy atom. The Morgan fingerprint density at radius 2 is 1.48 bits per heavy atom. The maximum absolute atomic E-state index is 12.6. The van der Waals surface area contributed by atoms with Crippen LogP contribution in [-0.4, -0.2) is 40.6 Å². The van der Waals surface area contributed by atoms with Crippen LogP contribution < -0.4 is 10.6 Å². The van der Waals surface area contributed by atoms with E-state index in [1.165, 1.54) is 71.1 Å². The first kappa shape index (κ1) is 26.9. The van der Waals surface area contributed by atoms with Gasteiger partial charge in [0, 0.05) is 17.4 Å². The van der Waals surface area contributed by atoms with Gasteiger partial charge in [-0.05, 0) is 25.5 Å². The molecule has 0 radical (unpaired) electrons. The van der Waals surface area contributed by atoms with Crippen LogP contribution in [0.3, 0.4) is 0 Å². The Hall–Kier alpha value is -2.34. The smallest absolute Gasteiger partial charge is 0.268 e. The Morgan fingerprint density at radius 3 is 2.06 bits per heavy atom. The van der Waals surface area contributed by atoms with Gasteiger partial charge in [-0.1, -0.05) is 95.8 Å². The van der Waals surface area contributed by atoms with Crippen molar-refractivity contribution in [3.8, 4) is 0 Å². The number of fused-ring (bicyclic) bond motifs is 1. The number of nitrogens with one attached hydrogen (secondary N) is 3. The van der Waals surface area contributed by atoms with Crippen molar-refractivity contribution < 1.29 is 14.7 Å². The van der Waals surface area contributed by atoms with E-state index < -0.39 is 18.1 Å². The number of aliphatic hydroxyl groups is 1. The number of aliphatic hydroxyl groups excluding tert-OH is 1. The van der Waals surface area contributed by atoms with Crippen molar-refractivity contribution in [2.75, 3.05) is 6.54 Å². The molecule has 2 rings (SSSR count). The number of amides is 2. The summed E-state index contributed by atoms with van der Waals surface area (Å²) in [7, 11) is 0. The molecule has 0 aliphatic rings. The van der Waals surface area contributed by atoms with Gasteiger partial charge in [-0.3, -0.25) is 9.59 Å². The zero-order valence-electron chi connectivity index (χ0n) is 20.5. The Kier molecular flexibility index (Phi) is 12.6. The van der Waals surface area contributed by atoms with Gasteiger partial charge in [0.05, 0.1) is 6.10 Å². The Bertz CT molecular complexity index is 798. The van der Waals surface area contributed by atoms with Crippen molar-refractivity contribution >= 4 is 22.7 Å². The summed E-state index contributed by atoms with van der Waals surface area (Å²) < 4.78 is 0. The summed E-state index contributed by atoms with van der Waals surface area (Å²) in [6.45, 7) is 4.32. The number of carbonyl (C=O) groups is 2. The van der Waals surface area contributed by atoms with Crippen LogP contribution in [0.5, 0.6) is 0 Å². The SMILES string of the molecule is CCCCCCCCCCCCCCNC(=O)[C@@H](NC(=O)c1cc2ccccc2[nH]1)[C@@H](C)O. The number of aromatic amines is 1.